The second-order valence-corrected chi connectivity index (χ2v) is 9.10. The minimum atomic E-state index is -0.692. The molecule has 1 saturated heterocycles. The predicted molar refractivity (Wildman–Crippen MR) is 89.6 cm³/mol. The summed E-state index contributed by atoms with van der Waals surface area (Å²) in [6.07, 6.45) is 4.89. The van der Waals surface area contributed by atoms with Crippen molar-refractivity contribution in [1.29, 1.82) is 0 Å². The highest BCUT2D eigenvalue weighted by Crippen LogP contribution is 2.61. The van der Waals surface area contributed by atoms with Crippen LogP contribution in [0.5, 0.6) is 0 Å². The lowest BCUT2D eigenvalue weighted by Gasteiger charge is -2.58. The summed E-state index contributed by atoms with van der Waals surface area (Å²) >= 11 is 0. The van der Waals surface area contributed by atoms with Gasteiger partial charge in [-0.3, -0.25) is 9.59 Å². The third kappa shape index (κ3) is 3.19. The Morgan fingerprint density at radius 1 is 1.12 bits per heavy atom. The second-order valence-electron chi connectivity index (χ2n) is 9.10. The topological polar surface area (TPSA) is 76.1 Å². The van der Waals surface area contributed by atoms with E-state index in [4.69, 9.17) is 9.47 Å². The molecule has 0 spiro atoms. The Kier molecular flexibility index (Phi) is 4.11. The van der Waals surface area contributed by atoms with Crippen LogP contribution in [0.15, 0.2) is 0 Å². The predicted octanol–water partition coefficient (Wildman–Crippen LogP) is 1.50. The lowest BCUT2D eigenvalue weighted by Crippen LogP contribution is -2.58. The summed E-state index contributed by atoms with van der Waals surface area (Å²) in [5.41, 5.74) is -1.26. The summed E-state index contributed by atoms with van der Waals surface area (Å²) in [5.74, 6) is 0.424. The fraction of sp³-hybridized carbons (Fsp3) is 0.895. The zero-order chi connectivity index (χ0) is 17.8. The maximum absolute atomic E-state index is 12.8. The van der Waals surface area contributed by atoms with Crippen LogP contribution in [0.1, 0.15) is 52.4 Å². The van der Waals surface area contributed by atoms with E-state index in [1.165, 1.54) is 0 Å². The molecule has 0 aromatic carbocycles. The van der Waals surface area contributed by atoms with Crippen molar-refractivity contribution in [3.63, 3.8) is 0 Å². The van der Waals surface area contributed by atoms with Crippen LogP contribution in [-0.2, 0) is 19.1 Å². The van der Waals surface area contributed by atoms with E-state index in [0.29, 0.717) is 31.3 Å². The van der Waals surface area contributed by atoms with Crippen LogP contribution in [0.2, 0.25) is 0 Å². The minimum Gasteiger partial charge on any atom is -0.455 e. The average Bonchev–Trinajstić information content (AvgIpc) is 2.48. The van der Waals surface area contributed by atoms with Gasteiger partial charge in [0.2, 0.25) is 0 Å². The number of carbonyl (C=O) groups excluding carboxylic acids is 2. The van der Waals surface area contributed by atoms with Gasteiger partial charge in [0.25, 0.3) is 5.91 Å². The quantitative estimate of drug-likeness (QED) is 0.780. The number of carbonyl (C=O) groups is 2. The molecule has 5 fully saturated rings. The van der Waals surface area contributed by atoms with Crippen molar-refractivity contribution in [1.82, 2.24) is 4.90 Å². The Morgan fingerprint density at radius 2 is 1.72 bits per heavy atom. The maximum Gasteiger partial charge on any atom is 0.312 e. The fourth-order valence-corrected chi connectivity index (χ4v) is 6.21. The molecule has 4 atom stereocenters. The summed E-state index contributed by atoms with van der Waals surface area (Å²) < 4.78 is 11.1. The molecule has 1 amide bonds. The second kappa shape index (κ2) is 5.95. The Balaban J connectivity index is 1.37. The molecule has 1 heterocycles. The van der Waals surface area contributed by atoms with E-state index in [1.54, 1.807) is 4.90 Å². The third-order valence-electron chi connectivity index (χ3n) is 6.56. The van der Waals surface area contributed by atoms with Gasteiger partial charge in [0, 0.05) is 13.1 Å². The molecular formula is C19H29NO5. The standard InChI is InChI=1S/C19H29NO5/c1-12-8-20(9-13(2)25-12)16(21)10-24-17(22)18-4-14-3-15(5-18)7-19(23,6-14)11-18/h12-15,23H,3-11H2,1-2H3/t12-,13-,14-,15-,18?,19?/m1/s1. The van der Waals surface area contributed by atoms with E-state index in [-0.39, 0.29) is 30.7 Å². The van der Waals surface area contributed by atoms with Crippen molar-refractivity contribution < 1.29 is 24.2 Å². The van der Waals surface area contributed by atoms with Gasteiger partial charge in [0.15, 0.2) is 6.61 Å². The highest BCUT2D eigenvalue weighted by atomic mass is 16.5. The molecule has 140 valence electrons. The first-order valence-electron chi connectivity index (χ1n) is 9.60. The Bertz CT molecular complexity index is 552. The first-order valence-corrected chi connectivity index (χ1v) is 9.60. The van der Waals surface area contributed by atoms with Crippen LogP contribution in [-0.4, -0.2) is 59.4 Å². The van der Waals surface area contributed by atoms with Gasteiger partial charge in [-0.25, -0.2) is 0 Å². The molecule has 4 aliphatic carbocycles. The van der Waals surface area contributed by atoms with Crippen LogP contribution in [0.3, 0.4) is 0 Å². The van der Waals surface area contributed by atoms with Crippen LogP contribution >= 0.6 is 0 Å². The van der Waals surface area contributed by atoms with Gasteiger partial charge in [-0.1, -0.05) is 0 Å². The average molecular weight is 351 g/mol. The first kappa shape index (κ1) is 17.3. The summed E-state index contributed by atoms with van der Waals surface area (Å²) in [5, 5.41) is 10.8. The van der Waals surface area contributed by atoms with E-state index in [9.17, 15) is 14.7 Å². The van der Waals surface area contributed by atoms with E-state index in [0.717, 1.165) is 32.1 Å². The number of morpholine rings is 1. The number of hydrogen-bond donors (Lipinski definition) is 1. The molecule has 6 heteroatoms. The summed E-state index contributed by atoms with van der Waals surface area (Å²) in [4.78, 5) is 27.0. The summed E-state index contributed by atoms with van der Waals surface area (Å²) in [6.45, 7) is 4.76. The Labute approximate surface area is 148 Å². The third-order valence-corrected chi connectivity index (χ3v) is 6.56. The van der Waals surface area contributed by atoms with Crippen LogP contribution in [0.25, 0.3) is 0 Å². The van der Waals surface area contributed by atoms with Crippen LogP contribution < -0.4 is 0 Å². The Hall–Kier alpha value is -1.14. The smallest absolute Gasteiger partial charge is 0.312 e. The SMILES string of the molecule is C[C@@H]1CN(C(=O)COC(=O)C23C[C@H]4C[C@@H](CC(O)(C4)C2)C3)C[C@@H](C)O1. The molecule has 4 bridgehead atoms. The molecule has 4 saturated carbocycles. The Morgan fingerprint density at radius 3 is 2.28 bits per heavy atom. The number of nitrogens with zero attached hydrogens (tertiary/aromatic N) is 1. The first-order chi connectivity index (χ1) is 11.8. The molecule has 0 aromatic rings. The van der Waals surface area contributed by atoms with Gasteiger partial charge in [0.1, 0.15) is 0 Å². The largest absolute Gasteiger partial charge is 0.455 e. The zero-order valence-corrected chi connectivity index (χ0v) is 15.2. The number of hydrogen-bond acceptors (Lipinski definition) is 5. The number of rotatable bonds is 3. The van der Waals surface area contributed by atoms with E-state index in [1.807, 2.05) is 13.8 Å². The van der Waals surface area contributed by atoms with Gasteiger partial charge >= 0.3 is 5.97 Å². The maximum atomic E-state index is 12.8. The number of esters is 1. The molecule has 0 radical (unpaired) electrons. The number of ether oxygens (including phenoxy) is 2. The number of amides is 1. The van der Waals surface area contributed by atoms with E-state index in [2.05, 4.69) is 0 Å². The van der Waals surface area contributed by atoms with Gasteiger partial charge < -0.3 is 19.5 Å². The highest BCUT2D eigenvalue weighted by molar-refractivity contribution is 5.83. The molecule has 1 N–H and O–H groups in total. The lowest BCUT2D eigenvalue weighted by molar-refractivity contribution is -0.197. The van der Waals surface area contributed by atoms with Gasteiger partial charge in [0.05, 0.1) is 23.2 Å². The molecule has 5 aliphatic rings. The van der Waals surface area contributed by atoms with Crippen molar-refractivity contribution in [2.24, 2.45) is 17.3 Å². The van der Waals surface area contributed by atoms with E-state index >= 15 is 0 Å². The van der Waals surface area contributed by atoms with Gasteiger partial charge in [-0.05, 0) is 64.2 Å². The molecule has 0 aromatic heterocycles. The molecule has 6 nitrogen and oxygen atoms in total. The molecule has 1 aliphatic heterocycles. The minimum absolute atomic E-state index is 0.000743. The van der Waals surface area contributed by atoms with Crippen molar-refractivity contribution in [3.8, 4) is 0 Å². The summed E-state index contributed by atoms with van der Waals surface area (Å²) in [6, 6.07) is 0. The van der Waals surface area contributed by atoms with Crippen molar-refractivity contribution in [3.05, 3.63) is 0 Å². The van der Waals surface area contributed by atoms with Crippen molar-refractivity contribution in [2.45, 2.75) is 70.2 Å². The zero-order valence-electron chi connectivity index (χ0n) is 15.2. The molecule has 5 rings (SSSR count). The molecule has 0 unspecified atom stereocenters. The van der Waals surface area contributed by atoms with Crippen molar-refractivity contribution in [2.75, 3.05) is 19.7 Å². The van der Waals surface area contributed by atoms with Crippen LogP contribution in [0.4, 0.5) is 0 Å². The van der Waals surface area contributed by atoms with Gasteiger partial charge in [-0.15, -0.1) is 0 Å². The van der Waals surface area contributed by atoms with Gasteiger partial charge in [-0.2, -0.15) is 0 Å². The lowest BCUT2D eigenvalue weighted by atomic mass is 9.48. The number of aliphatic hydroxyl groups is 1. The summed E-state index contributed by atoms with van der Waals surface area (Å²) in [7, 11) is 0. The van der Waals surface area contributed by atoms with Crippen LogP contribution in [0, 0.1) is 17.3 Å². The molecule has 25 heavy (non-hydrogen) atoms. The highest BCUT2D eigenvalue weighted by Gasteiger charge is 2.60. The van der Waals surface area contributed by atoms with Crippen molar-refractivity contribution >= 4 is 11.9 Å². The molecular weight excluding hydrogens is 322 g/mol. The monoisotopic (exact) mass is 351 g/mol. The van der Waals surface area contributed by atoms with E-state index < -0.39 is 11.0 Å². The fourth-order valence-electron chi connectivity index (χ4n) is 6.21. The normalized spacial score (nSPS) is 45.5.